The van der Waals surface area contributed by atoms with Crippen LogP contribution in [0, 0.1) is 6.92 Å². The second kappa shape index (κ2) is 9.24. The predicted molar refractivity (Wildman–Crippen MR) is 123 cm³/mol. The number of fused-ring (bicyclic) bond motifs is 1. The van der Waals surface area contributed by atoms with Crippen molar-refractivity contribution in [1.82, 2.24) is 19.0 Å². The largest absolute Gasteiger partial charge is 0.495 e. The SMILES string of the molecule is CCCN1CCN(S(=O)(=O)c2cc(-c3c(C)nn4c3NC(=O)CCC4=O)ccc2OC)CC1. The van der Waals surface area contributed by atoms with Crippen LogP contribution in [0.5, 0.6) is 5.75 Å². The maximum Gasteiger partial charge on any atom is 0.249 e. The van der Waals surface area contributed by atoms with Crippen molar-refractivity contribution in [2.24, 2.45) is 0 Å². The molecule has 2 aliphatic rings. The number of hydrogen-bond donors (Lipinski definition) is 1. The van der Waals surface area contributed by atoms with E-state index in [-0.39, 0.29) is 41.1 Å². The van der Waals surface area contributed by atoms with Gasteiger partial charge >= 0.3 is 0 Å². The lowest BCUT2D eigenvalue weighted by atomic mass is 10.1. The summed E-state index contributed by atoms with van der Waals surface area (Å²) in [6.45, 7) is 6.95. The van der Waals surface area contributed by atoms with E-state index in [2.05, 4.69) is 22.2 Å². The Hall–Kier alpha value is -2.76. The fraction of sp³-hybridized carbons (Fsp3) is 0.500. The van der Waals surface area contributed by atoms with Gasteiger partial charge in [-0.05, 0) is 37.6 Å². The first kappa shape index (κ1) is 23.4. The highest BCUT2D eigenvalue weighted by molar-refractivity contribution is 7.89. The number of aryl methyl sites for hydroxylation is 1. The Morgan fingerprint density at radius 2 is 1.85 bits per heavy atom. The molecular weight excluding hydrogens is 446 g/mol. The molecule has 0 bridgehead atoms. The highest BCUT2D eigenvalue weighted by atomic mass is 32.2. The molecule has 33 heavy (non-hydrogen) atoms. The maximum atomic E-state index is 13.6. The molecule has 10 nitrogen and oxygen atoms in total. The summed E-state index contributed by atoms with van der Waals surface area (Å²) in [5.74, 6) is -0.0639. The van der Waals surface area contributed by atoms with Crippen LogP contribution in [-0.4, -0.2) is 79.1 Å². The minimum atomic E-state index is -3.82. The van der Waals surface area contributed by atoms with Gasteiger partial charge < -0.3 is 15.0 Å². The Morgan fingerprint density at radius 3 is 2.52 bits per heavy atom. The summed E-state index contributed by atoms with van der Waals surface area (Å²) in [5.41, 5.74) is 1.57. The second-order valence-corrected chi connectivity index (χ2v) is 10.2. The molecule has 1 aromatic heterocycles. The van der Waals surface area contributed by atoms with Crippen LogP contribution in [-0.2, 0) is 14.8 Å². The van der Waals surface area contributed by atoms with Crippen LogP contribution in [0.3, 0.4) is 0 Å². The molecule has 1 amide bonds. The van der Waals surface area contributed by atoms with Gasteiger partial charge in [-0.1, -0.05) is 13.0 Å². The Kier molecular flexibility index (Phi) is 6.55. The van der Waals surface area contributed by atoms with Crippen LogP contribution in [0.25, 0.3) is 11.1 Å². The van der Waals surface area contributed by atoms with E-state index in [9.17, 15) is 18.0 Å². The predicted octanol–water partition coefficient (Wildman–Crippen LogP) is 1.96. The number of carbonyl (C=O) groups excluding carboxylic acids is 2. The van der Waals surface area contributed by atoms with Gasteiger partial charge in [0.1, 0.15) is 16.5 Å². The molecule has 1 aromatic carbocycles. The number of carbonyl (C=O) groups is 2. The molecule has 0 atom stereocenters. The van der Waals surface area contributed by atoms with Crippen LogP contribution in [0.1, 0.15) is 36.7 Å². The Balaban J connectivity index is 1.75. The third kappa shape index (κ3) is 4.40. The Morgan fingerprint density at radius 1 is 1.12 bits per heavy atom. The smallest absolute Gasteiger partial charge is 0.249 e. The van der Waals surface area contributed by atoms with Gasteiger partial charge in [-0.15, -0.1) is 0 Å². The van der Waals surface area contributed by atoms with Crippen molar-refractivity contribution in [2.75, 3.05) is 45.2 Å². The van der Waals surface area contributed by atoms with Crippen LogP contribution < -0.4 is 10.1 Å². The zero-order valence-corrected chi connectivity index (χ0v) is 19.9. The minimum Gasteiger partial charge on any atom is -0.495 e. The second-order valence-electron chi connectivity index (χ2n) is 8.27. The first-order valence-corrected chi connectivity index (χ1v) is 12.5. The van der Waals surface area contributed by atoms with Gasteiger partial charge in [0.25, 0.3) is 0 Å². The quantitative estimate of drug-likeness (QED) is 0.679. The molecule has 0 radical (unpaired) electrons. The molecule has 11 heteroatoms. The molecule has 2 aliphatic heterocycles. The van der Waals surface area contributed by atoms with Crippen molar-refractivity contribution in [1.29, 1.82) is 0 Å². The number of amides is 1. The van der Waals surface area contributed by atoms with E-state index in [1.54, 1.807) is 25.1 Å². The maximum absolute atomic E-state index is 13.6. The molecule has 0 aliphatic carbocycles. The Bertz CT molecular complexity index is 1180. The number of hydrogen-bond acceptors (Lipinski definition) is 7. The molecule has 1 saturated heterocycles. The molecule has 1 fully saturated rings. The van der Waals surface area contributed by atoms with Crippen molar-refractivity contribution in [3.63, 3.8) is 0 Å². The number of ether oxygens (including phenoxy) is 1. The van der Waals surface area contributed by atoms with Crippen molar-refractivity contribution in [3.05, 3.63) is 23.9 Å². The molecule has 3 heterocycles. The lowest BCUT2D eigenvalue weighted by molar-refractivity contribution is -0.116. The standard InChI is InChI=1S/C22H29N5O5S/c1-4-9-25-10-12-26(13-11-25)33(30,31)18-14-16(5-6-17(18)32-3)21-15(2)24-27-20(29)8-7-19(28)23-22(21)27/h5-6,14H,4,7-13H2,1-3H3,(H,23,28). The van der Waals surface area contributed by atoms with E-state index >= 15 is 0 Å². The third-order valence-corrected chi connectivity index (χ3v) is 7.98. The van der Waals surface area contributed by atoms with Gasteiger partial charge in [0, 0.05) is 44.6 Å². The molecule has 2 aromatic rings. The fourth-order valence-electron chi connectivity index (χ4n) is 4.37. The van der Waals surface area contributed by atoms with E-state index in [1.165, 1.54) is 16.1 Å². The highest BCUT2D eigenvalue weighted by Crippen LogP contribution is 2.37. The van der Waals surface area contributed by atoms with E-state index in [0.29, 0.717) is 43.0 Å². The molecule has 0 saturated carbocycles. The zero-order chi connectivity index (χ0) is 23.8. The number of sulfonamides is 1. The van der Waals surface area contributed by atoms with Gasteiger partial charge in [0.2, 0.25) is 21.8 Å². The summed E-state index contributed by atoms with van der Waals surface area (Å²) in [5, 5.41) is 7.06. The van der Waals surface area contributed by atoms with E-state index in [1.807, 2.05) is 0 Å². The molecule has 4 rings (SSSR count). The number of benzene rings is 1. The molecule has 178 valence electrons. The summed E-state index contributed by atoms with van der Waals surface area (Å²) in [6, 6.07) is 4.85. The first-order chi connectivity index (χ1) is 15.8. The van der Waals surface area contributed by atoms with Gasteiger partial charge in [-0.25, -0.2) is 8.42 Å². The highest BCUT2D eigenvalue weighted by Gasteiger charge is 2.32. The van der Waals surface area contributed by atoms with Crippen molar-refractivity contribution in [3.8, 4) is 16.9 Å². The minimum absolute atomic E-state index is 0.0528. The van der Waals surface area contributed by atoms with Crippen LogP contribution in [0.15, 0.2) is 23.1 Å². The number of nitrogens with zero attached hydrogens (tertiary/aromatic N) is 4. The number of aromatic nitrogens is 2. The van der Waals surface area contributed by atoms with E-state index in [4.69, 9.17) is 4.74 Å². The molecule has 1 N–H and O–H groups in total. The summed E-state index contributed by atoms with van der Waals surface area (Å²) >= 11 is 0. The molecular formula is C22H29N5O5S. The van der Waals surface area contributed by atoms with Crippen LogP contribution in [0.4, 0.5) is 5.82 Å². The summed E-state index contributed by atoms with van der Waals surface area (Å²) < 4.78 is 35.2. The molecule has 0 unspecified atom stereocenters. The first-order valence-electron chi connectivity index (χ1n) is 11.1. The normalized spacial score (nSPS) is 18.0. The number of anilines is 1. The lowest BCUT2D eigenvalue weighted by Crippen LogP contribution is -2.48. The van der Waals surface area contributed by atoms with Gasteiger partial charge in [0.15, 0.2) is 0 Å². The number of piperazine rings is 1. The summed E-state index contributed by atoms with van der Waals surface area (Å²) in [7, 11) is -2.39. The number of nitrogens with one attached hydrogen (secondary N) is 1. The number of rotatable bonds is 6. The lowest BCUT2D eigenvalue weighted by Gasteiger charge is -2.34. The van der Waals surface area contributed by atoms with Crippen molar-refractivity contribution >= 4 is 27.7 Å². The molecule has 0 spiro atoms. The Labute approximate surface area is 193 Å². The van der Waals surface area contributed by atoms with E-state index < -0.39 is 10.0 Å². The third-order valence-electron chi connectivity index (χ3n) is 6.06. The summed E-state index contributed by atoms with van der Waals surface area (Å²) in [6.07, 6.45) is 1.16. The van der Waals surface area contributed by atoms with Crippen molar-refractivity contribution in [2.45, 2.75) is 38.0 Å². The monoisotopic (exact) mass is 475 g/mol. The van der Waals surface area contributed by atoms with Crippen molar-refractivity contribution < 1.29 is 22.7 Å². The van der Waals surface area contributed by atoms with Crippen LogP contribution in [0.2, 0.25) is 0 Å². The van der Waals surface area contributed by atoms with Gasteiger partial charge in [-0.2, -0.15) is 14.1 Å². The topological polar surface area (TPSA) is 114 Å². The average molecular weight is 476 g/mol. The van der Waals surface area contributed by atoms with Gasteiger partial charge in [-0.3, -0.25) is 9.59 Å². The van der Waals surface area contributed by atoms with E-state index in [0.717, 1.165) is 13.0 Å². The summed E-state index contributed by atoms with van der Waals surface area (Å²) in [4.78, 5) is 26.9. The average Bonchev–Trinajstić information content (AvgIpc) is 3.06. The van der Waals surface area contributed by atoms with Gasteiger partial charge in [0.05, 0.1) is 12.8 Å². The fourth-order valence-corrected chi connectivity index (χ4v) is 5.98. The number of methoxy groups -OCH3 is 1. The zero-order valence-electron chi connectivity index (χ0n) is 19.1. The van der Waals surface area contributed by atoms with Crippen LogP contribution >= 0.6 is 0 Å².